The van der Waals surface area contributed by atoms with Gasteiger partial charge in [0.25, 0.3) is 0 Å². The van der Waals surface area contributed by atoms with Crippen molar-refractivity contribution in [3.8, 4) is 22.8 Å². The number of urea groups is 1. The summed E-state index contributed by atoms with van der Waals surface area (Å²) >= 11 is 5.39. The van der Waals surface area contributed by atoms with Gasteiger partial charge >= 0.3 is 12.4 Å². The van der Waals surface area contributed by atoms with Crippen LogP contribution in [0.15, 0.2) is 67.0 Å². The predicted octanol–water partition coefficient (Wildman–Crippen LogP) is 6.43. The first-order valence-corrected chi connectivity index (χ1v) is 13.7. The lowest BCUT2D eigenvalue weighted by molar-refractivity contribution is -0.274. The number of anilines is 1. The molecule has 0 aliphatic heterocycles. The van der Waals surface area contributed by atoms with Gasteiger partial charge < -0.3 is 15.4 Å². The normalized spacial score (nSPS) is 14.4. The second-order valence-electron chi connectivity index (χ2n) is 10.4. The second-order valence-corrected chi connectivity index (χ2v) is 10.8. The van der Waals surface area contributed by atoms with E-state index in [9.17, 15) is 18.0 Å². The highest BCUT2D eigenvalue weighted by Crippen LogP contribution is 2.28. The first kappa shape index (κ1) is 29.1. The van der Waals surface area contributed by atoms with Gasteiger partial charge in [0.1, 0.15) is 12.1 Å². The molecule has 42 heavy (non-hydrogen) atoms. The van der Waals surface area contributed by atoms with Crippen LogP contribution < -0.4 is 20.7 Å². The zero-order chi connectivity index (χ0) is 30.0. The van der Waals surface area contributed by atoms with Crippen molar-refractivity contribution in [3.05, 3.63) is 89.2 Å². The molecular weight excluding hydrogens is 565 g/mol. The summed E-state index contributed by atoms with van der Waals surface area (Å²) in [6.45, 7) is 6.24. The molecule has 1 heterocycles. The molecule has 0 spiro atoms. The average Bonchev–Trinajstić information content (AvgIpc) is 3.55. The van der Waals surface area contributed by atoms with Gasteiger partial charge in [0.05, 0.1) is 5.69 Å². The number of aryl methyl sites for hydroxylation is 1. The number of rotatable bonds is 6. The molecule has 218 valence electrons. The summed E-state index contributed by atoms with van der Waals surface area (Å²) in [6, 6.07) is 16.8. The summed E-state index contributed by atoms with van der Waals surface area (Å²) in [5.74, 6) is 0.450. The molecule has 0 saturated heterocycles. The van der Waals surface area contributed by atoms with Crippen LogP contribution in [-0.2, 0) is 12.8 Å². The van der Waals surface area contributed by atoms with E-state index in [4.69, 9.17) is 12.2 Å². The fourth-order valence-electron chi connectivity index (χ4n) is 4.93. The molecule has 2 amide bonds. The van der Waals surface area contributed by atoms with Crippen LogP contribution in [-0.4, -0.2) is 38.3 Å². The van der Waals surface area contributed by atoms with Gasteiger partial charge in [-0.15, -0.1) is 18.3 Å². The van der Waals surface area contributed by atoms with E-state index in [0.717, 1.165) is 33.5 Å². The largest absolute Gasteiger partial charge is 0.573 e. The van der Waals surface area contributed by atoms with Crippen molar-refractivity contribution in [1.29, 1.82) is 0 Å². The van der Waals surface area contributed by atoms with Crippen LogP contribution in [0.5, 0.6) is 5.75 Å². The van der Waals surface area contributed by atoms with Crippen LogP contribution in [0.4, 0.5) is 23.7 Å². The Morgan fingerprint density at radius 3 is 2.50 bits per heavy atom. The molecule has 5 rings (SSSR count). The maximum absolute atomic E-state index is 12.7. The number of carbonyl (C=O) groups excluding carboxylic acids is 1. The van der Waals surface area contributed by atoms with E-state index in [1.807, 2.05) is 37.3 Å². The van der Waals surface area contributed by atoms with Gasteiger partial charge in [-0.1, -0.05) is 43.7 Å². The number of halogens is 3. The van der Waals surface area contributed by atoms with Crippen LogP contribution in [0.2, 0.25) is 0 Å². The van der Waals surface area contributed by atoms with Crippen molar-refractivity contribution in [2.24, 2.45) is 0 Å². The molecule has 3 aromatic carbocycles. The molecule has 12 heteroatoms. The fraction of sp³-hybridized carbons (Fsp3) is 0.267. The van der Waals surface area contributed by atoms with Gasteiger partial charge in [0.2, 0.25) is 0 Å². The third-order valence-electron chi connectivity index (χ3n) is 6.86. The summed E-state index contributed by atoms with van der Waals surface area (Å²) < 4.78 is 42.7. The molecule has 1 unspecified atom stereocenters. The van der Waals surface area contributed by atoms with E-state index < -0.39 is 6.36 Å². The number of alkyl halides is 3. The summed E-state index contributed by atoms with van der Waals surface area (Å²) in [5.41, 5.74) is 6.66. The molecule has 0 bridgehead atoms. The monoisotopic (exact) mass is 594 g/mol. The molecule has 3 N–H and O–H groups in total. The summed E-state index contributed by atoms with van der Waals surface area (Å²) in [6.07, 6.45) is -1.95. The number of carbonyl (C=O) groups is 1. The van der Waals surface area contributed by atoms with E-state index in [1.165, 1.54) is 35.3 Å². The summed E-state index contributed by atoms with van der Waals surface area (Å²) in [7, 11) is 0. The molecule has 1 aliphatic rings. The first-order chi connectivity index (χ1) is 19.9. The predicted molar refractivity (Wildman–Crippen MR) is 158 cm³/mol. The Balaban J connectivity index is 1.18. The summed E-state index contributed by atoms with van der Waals surface area (Å²) in [5, 5.41) is 13.6. The molecule has 0 saturated carbocycles. The highest BCUT2D eigenvalue weighted by Gasteiger charge is 2.31. The average molecular weight is 595 g/mol. The Morgan fingerprint density at radius 1 is 1.05 bits per heavy atom. The zero-order valence-corrected chi connectivity index (χ0v) is 23.9. The van der Waals surface area contributed by atoms with Crippen LogP contribution in [0.1, 0.15) is 42.0 Å². The van der Waals surface area contributed by atoms with Gasteiger partial charge in [-0.05, 0) is 91.0 Å². The standard InChI is InChI=1S/C30H29F3N6O2S/c1-17(2)25-12-18(3)4-11-26(25)36-29(42)37-28(40)35-22-14-19-5-6-20(13-21(19)15-22)27-34-16-39(38-27)23-7-9-24(10-8-23)41-30(31,32)33/h4-13,16-17,22H,14-15H2,1-3H3,(H3,35,36,37,40,42). The minimum absolute atomic E-state index is 0.105. The number of nitrogens with one attached hydrogen (secondary N) is 3. The number of thiocarbonyl (C=S) groups is 1. The number of ether oxygens (including phenoxy) is 1. The van der Waals surface area contributed by atoms with Crippen molar-refractivity contribution in [3.63, 3.8) is 0 Å². The van der Waals surface area contributed by atoms with E-state index in [2.05, 4.69) is 50.7 Å². The SMILES string of the molecule is Cc1ccc(NC(=S)NC(=O)NC2Cc3ccc(-c4ncn(-c5ccc(OC(F)(F)F)cc5)n4)cc3C2)c(C(C)C)c1. The summed E-state index contributed by atoms with van der Waals surface area (Å²) in [4.78, 5) is 17.1. The Kier molecular flexibility index (Phi) is 8.17. The molecule has 0 fully saturated rings. The number of fused-ring (bicyclic) bond motifs is 1. The van der Waals surface area contributed by atoms with E-state index in [-0.39, 0.29) is 22.9 Å². The molecule has 1 aliphatic carbocycles. The molecule has 1 atom stereocenters. The minimum atomic E-state index is -4.75. The quantitative estimate of drug-likeness (QED) is 0.223. The molecule has 4 aromatic rings. The van der Waals surface area contributed by atoms with Crippen molar-refractivity contribution < 1.29 is 22.7 Å². The Morgan fingerprint density at radius 2 is 1.79 bits per heavy atom. The van der Waals surface area contributed by atoms with Crippen LogP contribution >= 0.6 is 12.2 Å². The third kappa shape index (κ3) is 7.06. The first-order valence-electron chi connectivity index (χ1n) is 13.3. The van der Waals surface area contributed by atoms with Gasteiger partial charge in [-0.2, -0.15) is 0 Å². The lowest BCUT2D eigenvalue weighted by atomic mass is 9.99. The van der Waals surface area contributed by atoms with Crippen molar-refractivity contribution in [1.82, 2.24) is 25.4 Å². The molecular formula is C30H29F3N6O2S. The number of hydrogen-bond acceptors (Lipinski definition) is 5. The molecule has 1 aromatic heterocycles. The molecule has 0 radical (unpaired) electrons. The highest BCUT2D eigenvalue weighted by molar-refractivity contribution is 7.80. The Hall–Kier alpha value is -4.45. The smallest absolute Gasteiger partial charge is 0.406 e. The lowest BCUT2D eigenvalue weighted by Gasteiger charge is -2.18. The lowest BCUT2D eigenvalue weighted by Crippen LogP contribution is -2.46. The van der Waals surface area contributed by atoms with Crippen molar-refractivity contribution >= 4 is 29.0 Å². The third-order valence-corrected chi connectivity index (χ3v) is 7.07. The Bertz CT molecular complexity index is 1620. The number of nitrogens with zero attached hydrogens (tertiary/aromatic N) is 3. The fourth-order valence-corrected chi connectivity index (χ4v) is 5.13. The number of aromatic nitrogens is 3. The van der Waals surface area contributed by atoms with Crippen molar-refractivity contribution in [2.75, 3.05) is 5.32 Å². The van der Waals surface area contributed by atoms with Crippen LogP contribution in [0, 0.1) is 6.92 Å². The van der Waals surface area contributed by atoms with E-state index in [1.54, 1.807) is 0 Å². The number of benzene rings is 3. The topological polar surface area (TPSA) is 93.1 Å². The number of hydrogen-bond donors (Lipinski definition) is 3. The maximum atomic E-state index is 12.7. The minimum Gasteiger partial charge on any atom is -0.406 e. The maximum Gasteiger partial charge on any atom is 0.573 e. The number of amides is 2. The zero-order valence-electron chi connectivity index (χ0n) is 23.1. The van der Waals surface area contributed by atoms with Crippen LogP contribution in [0.3, 0.4) is 0 Å². The van der Waals surface area contributed by atoms with Gasteiger partial charge in [0.15, 0.2) is 10.9 Å². The van der Waals surface area contributed by atoms with Crippen molar-refractivity contribution in [2.45, 2.75) is 51.9 Å². The van der Waals surface area contributed by atoms with Gasteiger partial charge in [-0.25, -0.2) is 14.5 Å². The van der Waals surface area contributed by atoms with Gasteiger partial charge in [-0.3, -0.25) is 5.32 Å². The second kappa shape index (κ2) is 11.8. The Labute approximate surface area is 246 Å². The highest BCUT2D eigenvalue weighted by atomic mass is 32.1. The van der Waals surface area contributed by atoms with E-state index in [0.29, 0.717) is 30.3 Å². The van der Waals surface area contributed by atoms with Crippen LogP contribution in [0.25, 0.3) is 17.1 Å². The van der Waals surface area contributed by atoms with E-state index >= 15 is 0 Å². The van der Waals surface area contributed by atoms with Gasteiger partial charge in [0, 0.05) is 17.3 Å². The molecule has 8 nitrogen and oxygen atoms in total.